The fourth-order valence-electron chi connectivity index (χ4n) is 2.01. The summed E-state index contributed by atoms with van der Waals surface area (Å²) in [7, 11) is 0. The zero-order chi connectivity index (χ0) is 15.2. The zero-order valence-electron chi connectivity index (χ0n) is 11.5. The van der Waals surface area contributed by atoms with Crippen LogP contribution in [0, 0.1) is 17.2 Å². The maximum atomic E-state index is 11.5. The van der Waals surface area contributed by atoms with Crippen LogP contribution in [0.3, 0.4) is 0 Å². The molecule has 1 heterocycles. The Hall–Kier alpha value is -2.32. The zero-order valence-corrected chi connectivity index (χ0v) is 12.2. The summed E-state index contributed by atoms with van der Waals surface area (Å²) in [5.74, 6) is -0.463. The number of allylic oxidation sites excluding steroid dienone is 2. The summed E-state index contributed by atoms with van der Waals surface area (Å²) in [6.45, 7) is 2.00. The van der Waals surface area contributed by atoms with Crippen molar-refractivity contribution < 1.29 is 9.63 Å². The van der Waals surface area contributed by atoms with Gasteiger partial charge < -0.3 is 10.2 Å². The lowest BCUT2D eigenvalue weighted by Gasteiger charge is -2.19. The van der Waals surface area contributed by atoms with Crippen LogP contribution in [0.15, 0.2) is 40.7 Å². The summed E-state index contributed by atoms with van der Waals surface area (Å²) in [5, 5.41) is 16.3. The first kappa shape index (κ1) is 15.1. The van der Waals surface area contributed by atoms with Gasteiger partial charge in [-0.05, 0) is 24.6 Å². The van der Waals surface area contributed by atoms with Gasteiger partial charge in [-0.3, -0.25) is 4.79 Å². The second-order valence-corrected chi connectivity index (χ2v) is 5.10. The summed E-state index contributed by atoms with van der Waals surface area (Å²) in [6, 6.07) is 9.33. The van der Waals surface area contributed by atoms with Gasteiger partial charge in [-0.15, -0.1) is 0 Å². The van der Waals surface area contributed by atoms with Crippen molar-refractivity contribution >= 4 is 23.7 Å². The Morgan fingerprint density at radius 2 is 2.24 bits per heavy atom. The molecular formula is C15H14ClN3O2. The van der Waals surface area contributed by atoms with Crippen LogP contribution in [0.2, 0.25) is 5.02 Å². The van der Waals surface area contributed by atoms with Crippen molar-refractivity contribution in [3.8, 4) is 6.07 Å². The van der Waals surface area contributed by atoms with Gasteiger partial charge in [0.15, 0.2) is 0 Å². The molecule has 6 heteroatoms. The number of halogens is 1. The van der Waals surface area contributed by atoms with Crippen molar-refractivity contribution in [2.24, 2.45) is 11.1 Å². The van der Waals surface area contributed by atoms with Gasteiger partial charge in [0.05, 0.1) is 17.9 Å². The number of nitriles is 1. The summed E-state index contributed by atoms with van der Waals surface area (Å²) in [5.41, 5.74) is 2.02. The number of rotatable bonds is 4. The first-order chi connectivity index (χ1) is 10.1. The van der Waals surface area contributed by atoms with Crippen molar-refractivity contribution in [1.29, 1.82) is 5.26 Å². The Morgan fingerprint density at radius 1 is 1.52 bits per heavy atom. The molecule has 0 saturated heterocycles. The van der Waals surface area contributed by atoms with Crippen molar-refractivity contribution in [3.05, 3.63) is 46.1 Å². The molecule has 1 aromatic rings. The molecule has 1 aromatic carbocycles. The lowest BCUT2D eigenvalue weighted by molar-refractivity contribution is -0.121. The molecule has 0 saturated carbocycles. The third kappa shape index (κ3) is 4.07. The first-order valence-corrected chi connectivity index (χ1v) is 6.78. The van der Waals surface area contributed by atoms with Gasteiger partial charge in [0.25, 0.3) is 0 Å². The van der Waals surface area contributed by atoms with E-state index >= 15 is 0 Å². The molecule has 0 radical (unpaired) electrons. The molecule has 108 valence electrons. The number of oxime groups is 1. The number of carbonyl (C=O) groups is 1. The Balaban J connectivity index is 1.94. The van der Waals surface area contributed by atoms with E-state index in [4.69, 9.17) is 21.7 Å². The number of nitrogens with one attached hydrogen (secondary N) is 1. The maximum absolute atomic E-state index is 11.5. The van der Waals surface area contributed by atoms with Crippen LogP contribution in [0.5, 0.6) is 0 Å². The molecule has 5 nitrogen and oxygen atoms in total. The minimum absolute atomic E-state index is 0.124. The summed E-state index contributed by atoms with van der Waals surface area (Å²) < 4.78 is 0. The number of benzene rings is 1. The topological polar surface area (TPSA) is 74.5 Å². The summed E-state index contributed by atoms with van der Waals surface area (Å²) >= 11 is 5.79. The van der Waals surface area contributed by atoms with E-state index in [0.29, 0.717) is 22.9 Å². The van der Waals surface area contributed by atoms with E-state index in [0.717, 1.165) is 5.56 Å². The Morgan fingerprint density at radius 3 is 2.90 bits per heavy atom. The van der Waals surface area contributed by atoms with Gasteiger partial charge in [-0.2, -0.15) is 5.26 Å². The van der Waals surface area contributed by atoms with E-state index in [1.165, 1.54) is 6.21 Å². The largest absolute Gasteiger partial charge is 0.391 e. The van der Waals surface area contributed by atoms with Gasteiger partial charge in [-0.25, -0.2) is 0 Å². The number of hydrogen-bond acceptors (Lipinski definition) is 4. The summed E-state index contributed by atoms with van der Waals surface area (Å²) in [6.07, 6.45) is 1.70. The van der Waals surface area contributed by atoms with E-state index < -0.39 is 0 Å². The lowest BCUT2D eigenvalue weighted by atomic mass is 9.93. The van der Waals surface area contributed by atoms with Crippen LogP contribution in [-0.4, -0.2) is 12.1 Å². The number of carbonyl (C=O) groups excluding carboxylic acids is 1. The monoisotopic (exact) mass is 303 g/mol. The highest BCUT2D eigenvalue weighted by molar-refractivity contribution is 6.30. The third-order valence-electron chi connectivity index (χ3n) is 3.09. The van der Waals surface area contributed by atoms with Crippen LogP contribution in [0.1, 0.15) is 18.9 Å². The van der Waals surface area contributed by atoms with E-state index in [1.54, 1.807) is 19.1 Å². The average Bonchev–Trinajstić information content (AvgIpc) is 2.45. The van der Waals surface area contributed by atoms with Crippen LogP contribution < -0.4 is 5.32 Å². The molecule has 2 rings (SSSR count). The van der Waals surface area contributed by atoms with E-state index in [2.05, 4.69) is 16.5 Å². The van der Waals surface area contributed by atoms with Crippen LogP contribution in [0.25, 0.3) is 0 Å². The Kier molecular flexibility index (Phi) is 4.96. The van der Waals surface area contributed by atoms with E-state index in [1.807, 2.05) is 12.1 Å². The molecule has 1 aliphatic heterocycles. The van der Waals surface area contributed by atoms with Gasteiger partial charge in [0.1, 0.15) is 6.61 Å². The maximum Gasteiger partial charge on any atom is 0.225 e. The first-order valence-electron chi connectivity index (χ1n) is 6.40. The normalized spacial score (nSPS) is 18.5. The van der Waals surface area contributed by atoms with Gasteiger partial charge in [-0.1, -0.05) is 28.9 Å². The van der Waals surface area contributed by atoms with Gasteiger partial charge in [0.2, 0.25) is 5.91 Å². The quantitative estimate of drug-likeness (QED) is 0.686. The lowest BCUT2D eigenvalue weighted by Crippen LogP contribution is -2.32. The van der Waals surface area contributed by atoms with Crippen molar-refractivity contribution in [2.75, 3.05) is 0 Å². The van der Waals surface area contributed by atoms with Crippen LogP contribution in [0.4, 0.5) is 0 Å². The van der Waals surface area contributed by atoms with Crippen molar-refractivity contribution in [3.63, 3.8) is 0 Å². The van der Waals surface area contributed by atoms with Crippen molar-refractivity contribution in [2.45, 2.75) is 20.0 Å². The fourth-order valence-corrected chi connectivity index (χ4v) is 2.14. The number of amides is 1. The van der Waals surface area contributed by atoms with E-state index in [9.17, 15) is 4.79 Å². The Labute approximate surface area is 127 Å². The van der Waals surface area contributed by atoms with Gasteiger partial charge in [0, 0.05) is 23.1 Å². The molecule has 1 aliphatic rings. The fraction of sp³-hybridized carbons (Fsp3) is 0.267. The molecule has 0 unspecified atom stereocenters. The standard InChI is InChI=1S/C15H14ClN3O2/c1-10-14(7-17)12(6-15(20)19-10)8-18-21-9-11-2-4-13(16)5-3-11/h2-5,8,12H,6,9H2,1H3,(H,19,20)/b18-8-/t12-/m1/s1. The molecule has 0 fully saturated rings. The molecule has 0 spiro atoms. The second kappa shape index (κ2) is 6.91. The molecule has 21 heavy (non-hydrogen) atoms. The third-order valence-corrected chi connectivity index (χ3v) is 3.34. The van der Waals surface area contributed by atoms with Gasteiger partial charge >= 0.3 is 0 Å². The molecule has 1 amide bonds. The molecule has 0 aliphatic carbocycles. The summed E-state index contributed by atoms with van der Waals surface area (Å²) in [4.78, 5) is 16.7. The molecular weight excluding hydrogens is 290 g/mol. The molecule has 1 N–H and O–H groups in total. The van der Waals surface area contributed by atoms with Crippen LogP contribution in [-0.2, 0) is 16.2 Å². The highest BCUT2D eigenvalue weighted by Crippen LogP contribution is 2.20. The molecule has 0 bridgehead atoms. The van der Waals surface area contributed by atoms with E-state index in [-0.39, 0.29) is 18.2 Å². The SMILES string of the molecule is CC1=C(C#N)[C@@H](/C=N\OCc2ccc(Cl)cc2)CC(=O)N1. The minimum Gasteiger partial charge on any atom is -0.391 e. The second-order valence-electron chi connectivity index (χ2n) is 4.66. The van der Waals surface area contributed by atoms with Crippen LogP contribution >= 0.6 is 11.6 Å². The Bertz CT molecular complexity index is 629. The predicted octanol–water partition coefficient (Wildman–Crippen LogP) is 2.78. The highest BCUT2D eigenvalue weighted by atomic mass is 35.5. The highest BCUT2D eigenvalue weighted by Gasteiger charge is 2.24. The molecule has 0 aromatic heterocycles. The average molecular weight is 304 g/mol. The molecule has 1 atom stereocenters. The smallest absolute Gasteiger partial charge is 0.225 e. The number of hydrogen-bond donors (Lipinski definition) is 1. The minimum atomic E-state index is -0.339. The predicted molar refractivity (Wildman–Crippen MR) is 79.3 cm³/mol. The number of nitrogens with zero attached hydrogens (tertiary/aromatic N) is 2. The van der Waals surface area contributed by atoms with Crippen molar-refractivity contribution in [1.82, 2.24) is 5.32 Å².